The van der Waals surface area contributed by atoms with Crippen LogP contribution in [0.4, 0.5) is 19.0 Å². The molecule has 6 nitrogen and oxygen atoms in total. The maximum Gasteiger partial charge on any atom is 0.416 e. The van der Waals surface area contributed by atoms with Gasteiger partial charge in [-0.3, -0.25) is 9.69 Å². The van der Waals surface area contributed by atoms with E-state index in [1.807, 2.05) is 4.90 Å². The van der Waals surface area contributed by atoms with E-state index in [4.69, 9.17) is 0 Å². The normalized spacial score (nSPS) is 18.3. The van der Waals surface area contributed by atoms with Crippen LogP contribution in [-0.4, -0.2) is 52.1 Å². The average Bonchev–Trinajstić information content (AvgIpc) is 3.18. The second-order valence-electron chi connectivity index (χ2n) is 8.47. The van der Waals surface area contributed by atoms with Gasteiger partial charge in [-0.05, 0) is 48.9 Å². The van der Waals surface area contributed by atoms with Crippen molar-refractivity contribution in [2.45, 2.75) is 37.9 Å². The lowest BCUT2D eigenvalue weighted by Crippen LogP contribution is -2.49. The Labute approximate surface area is 192 Å². The molecule has 1 unspecified atom stereocenters. The lowest BCUT2D eigenvalue weighted by atomic mass is 9.97. The van der Waals surface area contributed by atoms with Gasteiger partial charge < -0.3 is 10.0 Å². The molecular formula is C23H23F3N4O2S. The first-order valence-corrected chi connectivity index (χ1v) is 11.8. The Morgan fingerprint density at radius 2 is 1.73 bits per heavy atom. The molecule has 1 aliphatic heterocycles. The highest BCUT2D eigenvalue weighted by molar-refractivity contribution is 7.19. The van der Waals surface area contributed by atoms with Gasteiger partial charge in [0.15, 0.2) is 0 Å². The van der Waals surface area contributed by atoms with Crippen molar-refractivity contribution in [3.8, 4) is 0 Å². The van der Waals surface area contributed by atoms with Gasteiger partial charge in [-0.25, -0.2) is 9.97 Å². The van der Waals surface area contributed by atoms with Gasteiger partial charge in [0, 0.05) is 31.1 Å². The number of hydrogen-bond acceptors (Lipinski definition) is 6. The minimum absolute atomic E-state index is 0.347. The molecule has 1 saturated heterocycles. The Morgan fingerprint density at radius 1 is 1.03 bits per heavy atom. The predicted octanol–water partition coefficient (Wildman–Crippen LogP) is 4.54. The Morgan fingerprint density at radius 3 is 2.39 bits per heavy atom. The molecule has 0 bridgehead atoms. The van der Waals surface area contributed by atoms with Crippen molar-refractivity contribution >= 4 is 33.3 Å². The molecule has 1 fully saturated rings. The molecule has 3 aromatic rings. The van der Waals surface area contributed by atoms with E-state index in [1.165, 1.54) is 29.0 Å². The summed E-state index contributed by atoms with van der Waals surface area (Å²) in [6.45, 7) is 2.11. The van der Waals surface area contributed by atoms with Crippen LogP contribution in [0, 0.1) is 0 Å². The molecule has 0 saturated carbocycles. The standard InChI is InChI=1S/C23H23F3N4O2S/c24-23(25,26)15-7-5-14(6-8-15)19(22(31)32)29-9-11-30(12-10-29)20-18-16-3-1-2-4-17(16)33-21(18)28-13-27-20/h5-8,13,19H,1-4,9-12H2,(H,31,32). The highest BCUT2D eigenvalue weighted by Crippen LogP contribution is 2.39. The molecule has 1 N–H and O–H groups in total. The number of carboxylic acid groups (broad SMARTS) is 1. The summed E-state index contributed by atoms with van der Waals surface area (Å²) in [7, 11) is 0. The van der Waals surface area contributed by atoms with Crippen LogP contribution in [0.15, 0.2) is 30.6 Å². The quantitative estimate of drug-likeness (QED) is 0.597. The third kappa shape index (κ3) is 4.17. The number of rotatable bonds is 4. The zero-order chi connectivity index (χ0) is 23.2. The SMILES string of the molecule is O=C(O)C(c1ccc(C(F)(F)F)cc1)N1CCN(c2ncnc3sc4c(c23)CCCC4)CC1. The first-order valence-electron chi connectivity index (χ1n) is 11.0. The van der Waals surface area contributed by atoms with Crippen molar-refractivity contribution in [1.82, 2.24) is 14.9 Å². The summed E-state index contributed by atoms with van der Waals surface area (Å²) < 4.78 is 38.7. The number of aryl methyl sites for hydroxylation is 2. The second-order valence-corrected chi connectivity index (χ2v) is 9.56. The molecule has 5 rings (SSSR count). The third-order valence-electron chi connectivity index (χ3n) is 6.50. The average molecular weight is 477 g/mol. The van der Waals surface area contributed by atoms with Gasteiger partial charge in [0.1, 0.15) is 23.0 Å². The molecule has 1 aliphatic carbocycles. The number of halogens is 3. The first-order chi connectivity index (χ1) is 15.8. The van der Waals surface area contributed by atoms with E-state index < -0.39 is 23.8 Å². The van der Waals surface area contributed by atoms with Crippen LogP contribution in [0.1, 0.15) is 40.5 Å². The number of alkyl halides is 3. The van der Waals surface area contributed by atoms with Crippen LogP contribution in [0.5, 0.6) is 0 Å². The summed E-state index contributed by atoms with van der Waals surface area (Å²) in [5.74, 6) is -0.167. The van der Waals surface area contributed by atoms with Gasteiger partial charge in [0.25, 0.3) is 0 Å². The zero-order valence-electron chi connectivity index (χ0n) is 17.8. The molecule has 10 heteroatoms. The fourth-order valence-corrected chi connectivity index (χ4v) is 6.09. The van der Waals surface area contributed by atoms with Gasteiger partial charge in [-0.15, -0.1) is 11.3 Å². The number of carbonyl (C=O) groups is 1. The number of hydrogen-bond donors (Lipinski definition) is 1. The molecule has 0 amide bonds. The molecule has 1 aromatic carbocycles. The van der Waals surface area contributed by atoms with Crippen LogP contribution in [0.25, 0.3) is 10.2 Å². The lowest BCUT2D eigenvalue weighted by molar-refractivity contribution is -0.143. The van der Waals surface area contributed by atoms with Crippen LogP contribution in [0.2, 0.25) is 0 Å². The molecule has 0 spiro atoms. The molecule has 2 aromatic heterocycles. The van der Waals surface area contributed by atoms with Crippen molar-refractivity contribution < 1.29 is 23.1 Å². The Balaban J connectivity index is 1.36. The number of nitrogens with zero attached hydrogens (tertiary/aromatic N) is 4. The minimum Gasteiger partial charge on any atom is -0.480 e. The largest absolute Gasteiger partial charge is 0.480 e. The van der Waals surface area contributed by atoms with Crippen molar-refractivity contribution in [3.05, 3.63) is 52.2 Å². The van der Waals surface area contributed by atoms with Gasteiger partial charge in [-0.1, -0.05) is 12.1 Å². The van der Waals surface area contributed by atoms with Crippen LogP contribution < -0.4 is 4.90 Å². The van der Waals surface area contributed by atoms with Gasteiger partial charge in [-0.2, -0.15) is 13.2 Å². The van der Waals surface area contributed by atoms with Crippen LogP contribution >= 0.6 is 11.3 Å². The predicted molar refractivity (Wildman–Crippen MR) is 120 cm³/mol. The number of aliphatic carboxylic acids is 1. The summed E-state index contributed by atoms with van der Waals surface area (Å²) in [5.41, 5.74) is 0.916. The van der Waals surface area contributed by atoms with Gasteiger partial charge in [0.05, 0.1) is 10.9 Å². The van der Waals surface area contributed by atoms with Crippen LogP contribution in [-0.2, 0) is 23.8 Å². The fraction of sp³-hybridized carbons (Fsp3) is 0.435. The van der Waals surface area contributed by atoms with Crippen molar-refractivity contribution in [3.63, 3.8) is 0 Å². The van der Waals surface area contributed by atoms with Gasteiger partial charge >= 0.3 is 12.1 Å². The molecule has 3 heterocycles. The number of benzene rings is 1. The van der Waals surface area contributed by atoms with E-state index in [0.29, 0.717) is 31.7 Å². The minimum atomic E-state index is -4.45. The van der Waals surface area contributed by atoms with E-state index >= 15 is 0 Å². The second kappa shape index (κ2) is 8.57. The molecule has 174 valence electrons. The Kier molecular flexibility index (Phi) is 5.74. The van der Waals surface area contributed by atoms with Gasteiger partial charge in [0.2, 0.25) is 0 Å². The topological polar surface area (TPSA) is 69.6 Å². The Hall–Kier alpha value is -2.72. The number of thiophene rings is 1. The van der Waals surface area contributed by atoms with Crippen molar-refractivity contribution in [2.75, 3.05) is 31.1 Å². The summed E-state index contributed by atoms with van der Waals surface area (Å²) in [6.07, 6.45) is 1.61. The highest BCUT2D eigenvalue weighted by Gasteiger charge is 2.34. The number of fused-ring (bicyclic) bond motifs is 3. The fourth-order valence-electron chi connectivity index (χ4n) is 4.87. The zero-order valence-corrected chi connectivity index (χ0v) is 18.6. The number of anilines is 1. The summed E-state index contributed by atoms with van der Waals surface area (Å²) in [4.78, 5) is 27.5. The first kappa shape index (κ1) is 22.1. The smallest absolute Gasteiger partial charge is 0.416 e. The molecule has 33 heavy (non-hydrogen) atoms. The van der Waals surface area contributed by atoms with Crippen molar-refractivity contribution in [1.29, 1.82) is 0 Å². The van der Waals surface area contributed by atoms with Crippen LogP contribution in [0.3, 0.4) is 0 Å². The molecule has 1 atom stereocenters. The lowest BCUT2D eigenvalue weighted by Gasteiger charge is -2.38. The maximum atomic E-state index is 12.9. The summed E-state index contributed by atoms with van der Waals surface area (Å²) in [6, 6.07) is 3.42. The Bertz CT molecular complexity index is 1170. The number of aromatic nitrogens is 2. The number of piperazine rings is 1. The monoisotopic (exact) mass is 476 g/mol. The van der Waals surface area contributed by atoms with E-state index in [2.05, 4.69) is 14.9 Å². The summed E-state index contributed by atoms with van der Waals surface area (Å²) in [5, 5.41) is 11.0. The summed E-state index contributed by atoms with van der Waals surface area (Å²) >= 11 is 1.74. The van der Waals surface area contributed by atoms with E-state index in [9.17, 15) is 23.1 Å². The van der Waals surface area contributed by atoms with Crippen molar-refractivity contribution in [2.24, 2.45) is 0 Å². The molecule has 0 radical (unpaired) electrons. The van der Waals surface area contributed by atoms with E-state index in [-0.39, 0.29) is 0 Å². The third-order valence-corrected chi connectivity index (χ3v) is 7.70. The molecular weight excluding hydrogens is 453 g/mol. The maximum absolute atomic E-state index is 12.9. The molecule has 2 aliphatic rings. The van der Waals surface area contributed by atoms with E-state index in [0.717, 1.165) is 47.4 Å². The van der Waals surface area contributed by atoms with E-state index in [1.54, 1.807) is 17.7 Å². The number of carboxylic acids is 1. The highest BCUT2D eigenvalue weighted by atomic mass is 32.1.